The average Bonchev–Trinajstić information content (AvgIpc) is 3.25. The van der Waals surface area contributed by atoms with Gasteiger partial charge >= 0.3 is 0 Å². The summed E-state index contributed by atoms with van der Waals surface area (Å²) in [5.74, 6) is 1.48. The monoisotopic (exact) mass is 394 g/mol. The number of amides is 1. The van der Waals surface area contributed by atoms with Gasteiger partial charge in [0.15, 0.2) is 11.0 Å². The summed E-state index contributed by atoms with van der Waals surface area (Å²) in [6, 6.07) is 7.50. The maximum atomic E-state index is 12.3. The second kappa shape index (κ2) is 8.77. The van der Waals surface area contributed by atoms with Crippen LogP contribution < -0.4 is 10.1 Å². The van der Waals surface area contributed by atoms with Crippen LogP contribution in [0.1, 0.15) is 38.4 Å². The molecule has 1 aromatic heterocycles. The van der Waals surface area contributed by atoms with Gasteiger partial charge in [0.05, 0.1) is 5.25 Å². The zero-order valence-electron chi connectivity index (χ0n) is 14.9. The van der Waals surface area contributed by atoms with Gasteiger partial charge in [0.1, 0.15) is 12.4 Å². The van der Waals surface area contributed by atoms with E-state index >= 15 is 0 Å². The third-order valence-electron chi connectivity index (χ3n) is 4.46. The topological polar surface area (TPSA) is 69.0 Å². The van der Waals surface area contributed by atoms with Crippen molar-refractivity contribution in [3.8, 4) is 5.75 Å². The van der Waals surface area contributed by atoms with E-state index in [2.05, 4.69) is 15.5 Å². The van der Waals surface area contributed by atoms with E-state index in [0.29, 0.717) is 28.7 Å². The fourth-order valence-electron chi connectivity index (χ4n) is 2.85. The Morgan fingerprint density at radius 3 is 2.73 bits per heavy atom. The highest BCUT2D eigenvalue weighted by atomic mass is 35.5. The lowest BCUT2D eigenvalue weighted by atomic mass is 10.2. The minimum absolute atomic E-state index is 0.0591. The number of nitrogens with one attached hydrogen (secondary N) is 1. The van der Waals surface area contributed by atoms with Crippen molar-refractivity contribution >= 4 is 29.3 Å². The largest absolute Gasteiger partial charge is 0.486 e. The Hall–Kier alpha value is -1.73. The molecule has 3 rings (SSSR count). The quantitative estimate of drug-likeness (QED) is 0.727. The first-order chi connectivity index (χ1) is 12.5. The number of carbonyl (C=O) groups excluding carboxylic acids is 1. The molecule has 1 heterocycles. The molecule has 0 bridgehead atoms. The van der Waals surface area contributed by atoms with Crippen LogP contribution in [0, 0.1) is 0 Å². The molecule has 0 unspecified atom stereocenters. The number of carbonyl (C=O) groups is 1. The molecule has 1 aliphatic rings. The Labute approximate surface area is 162 Å². The average molecular weight is 395 g/mol. The predicted molar refractivity (Wildman–Crippen MR) is 103 cm³/mol. The number of hydrogen-bond donors (Lipinski definition) is 1. The van der Waals surface area contributed by atoms with Crippen molar-refractivity contribution in [3.05, 3.63) is 35.1 Å². The Morgan fingerprint density at radius 1 is 1.35 bits per heavy atom. The van der Waals surface area contributed by atoms with Crippen LogP contribution in [0.5, 0.6) is 5.75 Å². The molecule has 1 aliphatic carbocycles. The van der Waals surface area contributed by atoms with E-state index in [-0.39, 0.29) is 11.2 Å². The summed E-state index contributed by atoms with van der Waals surface area (Å²) < 4.78 is 7.57. The van der Waals surface area contributed by atoms with Crippen LogP contribution in [0.2, 0.25) is 5.02 Å². The molecule has 1 aromatic carbocycles. The van der Waals surface area contributed by atoms with Gasteiger partial charge in [0.2, 0.25) is 5.91 Å². The first kappa shape index (κ1) is 19.0. The Kier molecular flexibility index (Phi) is 6.43. The van der Waals surface area contributed by atoms with Crippen LogP contribution >= 0.6 is 23.4 Å². The Balaban J connectivity index is 1.54. The lowest BCUT2D eigenvalue weighted by molar-refractivity contribution is -0.120. The van der Waals surface area contributed by atoms with Crippen LogP contribution in [0.25, 0.3) is 0 Å². The Morgan fingerprint density at radius 2 is 2.04 bits per heavy atom. The molecule has 6 nitrogen and oxygen atoms in total. The number of rotatable bonds is 7. The molecule has 1 fully saturated rings. The summed E-state index contributed by atoms with van der Waals surface area (Å²) in [5, 5.41) is 12.6. The zero-order chi connectivity index (χ0) is 18.5. The highest BCUT2D eigenvalue weighted by molar-refractivity contribution is 8.00. The van der Waals surface area contributed by atoms with E-state index in [1.165, 1.54) is 24.6 Å². The molecular formula is C18H23ClN4O2S. The second-order valence-corrected chi connectivity index (χ2v) is 8.19. The van der Waals surface area contributed by atoms with Crippen molar-refractivity contribution in [3.63, 3.8) is 0 Å². The SMILES string of the molecule is C[C@@H](Sc1nnc(COc2ccc(Cl)cc2)n1C)C(=O)NC1CCCC1. The van der Waals surface area contributed by atoms with E-state index in [9.17, 15) is 4.79 Å². The summed E-state index contributed by atoms with van der Waals surface area (Å²) >= 11 is 7.28. The number of halogens is 1. The van der Waals surface area contributed by atoms with E-state index in [0.717, 1.165) is 18.6 Å². The summed E-state index contributed by atoms with van der Waals surface area (Å²) in [6.07, 6.45) is 4.57. The third kappa shape index (κ3) is 4.92. The van der Waals surface area contributed by atoms with Crippen molar-refractivity contribution in [2.24, 2.45) is 7.05 Å². The first-order valence-corrected chi connectivity index (χ1v) is 10.0. The van der Waals surface area contributed by atoms with Crippen molar-refractivity contribution in [2.45, 2.75) is 55.7 Å². The number of thioether (sulfide) groups is 1. The molecule has 0 spiro atoms. The van der Waals surface area contributed by atoms with Gasteiger partial charge in [-0.2, -0.15) is 0 Å². The zero-order valence-corrected chi connectivity index (χ0v) is 16.5. The molecule has 0 aliphatic heterocycles. The number of hydrogen-bond acceptors (Lipinski definition) is 5. The molecule has 1 N–H and O–H groups in total. The summed E-state index contributed by atoms with van der Waals surface area (Å²) in [4.78, 5) is 12.3. The third-order valence-corrected chi connectivity index (χ3v) is 5.85. The number of ether oxygens (including phenoxy) is 1. The Bertz CT molecular complexity index is 744. The van der Waals surface area contributed by atoms with E-state index in [1.807, 2.05) is 30.7 Å². The van der Waals surface area contributed by atoms with Crippen LogP contribution in [-0.2, 0) is 18.4 Å². The van der Waals surface area contributed by atoms with Gasteiger partial charge in [-0.05, 0) is 44.0 Å². The molecule has 1 amide bonds. The van der Waals surface area contributed by atoms with E-state index < -0.39 is 0 Å². The minimum atomic E-state index is -0.219. The van der Waals surface area contributed by atoms with Crippen molar-refractivity contribution in [1.29, 1.82) is 0 Å². The summed E-state index contributed by atoms with van der Waals surface area (Å²) in [5.41, 5.74) is 0. The predicted octanol–water partition coefficient (Wildman–Crippen LogP) is 3.59. The van der Waals surface area contributed by atoms with Crippen LogP contribution in [0.3, 0.4) is 0 Å². The second-order valence-electron chi connectivity index (χ2n) is 6.45. The fraction of sp³-hybridized carbons (Fsp3) is 0.500. The first-order valence-electron chi connectivity index (χ1n) is 8.76. The number of benzene rings is 1. The highest BCUT2D eigenvalue weighted by Crippen LogP contribution is 2.24. The van der Waals surface area contributed by atoms with E-state index in [1.54, 1.807) is 12.1 Å². The molecule has 0 saturated heterocycles. The minimum Gasteiger partial charge on any atom is -0.486 e. The standard InChI is InChI=1S/C18H23ClN4O2S/c1-12(17(24)20-14-5-3-4-6-14)26-18-22-21-16(23(18)2)11-25-15-9-7-13(19)8-10-15/h7-10,12,14H,3-6,11H2,1-2H3,(H,20,24)/t12-/m1/s1. The lowest BCUT2D eigenvalue weighted by Gasteiger charge is -2.16. The van der Waals surface area contributed by atoms with Crippen LogP contribution in [-0.4, -0.2) is 32.0 Å². The lowest BCUT2D eigenvalue weighted by Crippen LogP contribution is -2.37. The van der Waals surface area contributed by atoms with Crippen LogP contribution in [0.4, 0.5) is 0 Å². The van der Waals surface area contributed by atoms with Crippen molar-refractivity contribution in [1.82, 2.24) is 20.1 Å². The van der Waals surface area contributed by atoms with Crippen molar-refractivity contribution < 1.29 is 9.53 Å². The number of aromatic nitrogens is 3. The van der Waals surface area contributed by atoms with E-state index in [4.69, 9.17) is 16.3 Å². The molecule has 26 heavy (non-hydrogen) atoms. The normalized spacial score (nSPS) is 15.8. The summed E-state index contributed by atoms with van der Waals surface area (Å²) in [6.45, 7) is 2.20. The fourth-order valence-corrected chi connectivity index (χ4v) is 3.82. The van der Waals surface area contributed by atoms with Crippen LogP contribution in [0.15, 0.2) is 29.4 Å². The van der Waals surface area contributed by atoms with Crippen molar-refractivity contribution in [2.75, 3.05) is 0 Å². The maximum Gasteiger partial charge on any atom is 0.233 e. The molecule has 2 aromatic rings. The molecule has 0 radical (unpaired) electrons. The maximum absolute atomic E-state index is 12.3. The van der Waals surface area contributed by atoms with Gasteiger partial charge in [-0.15, -0.1) is 10.2 Å². The van der Waals surface area contributed by atoms with Gasteiger partial charge in [-0.1, -0.05) is 36.2 Å². The van der Waals surface area contributed by atoms with Gasteiger partial charge in [0, 0.05) is 18.1 Å². The highest BCUT2D eigenvalue weighted by Gasteiger charge is 2.23. The van der Waals surface area contributed by atoms with Gasteiger partial charge < -0.3 is 14.6 Å². The molecule has 140 valence electrons. The van der Waals surface area contributed by atoms with Gasteiger partial charge in [0.25, 0.3) is 0 Å². The summed E-state index contributed by atoms with van der Waals surface area (Å²) in [7, 11) is 1.88. The molecule has 1 atom stereocenters. The smallest absolute Gasteiger partial charge is 0.233 e. The van der Waals surface area contributed by atoms with Gasteiger partial charge in [-0.25, -0.2) is 0 Å². The molecular weight excluding hydrogens is 372 g/mol. The number of nitrogens with zero attached hydrogens (tertiary/aromatic N) is 3. The molecule has 8 heteroatoms. The molecule has 1 saturated carbocycles. The van der Waals surface area contributed by atoms with Gasteiger partial charge in [-0.3, -0.25) is 4.79 Å².